The fourth-order valence-corrected chi connectivity index (χ4v) is 1.59. The maximum Gasteiger partial charge on any atom is 0.330 e. The van der Waals surface area contributed by atoms with E-state index in [1.54, 1.807) is 0 Å². The maximum absolute atomic E-state index is 10.7. The number of carbonyl (C=O) groups is 1. The van der Waals surface area contributed by atoms with Crippen molar-refractivity contribution in [3.8, 4) is 0 Å². The van der Waals surface area contributed by atoms with Crippen LogP contribution in [0.1, 0.15) is 58.3 Å². The summed E-state index contributed by atoms with van der Waals surface area (Å²) in [4.78, 5) is 10.7. The van der Waals surface area contributed by atoms with Gasteiger partial charge in [0.2, 0.25) is 0 Å². The number of hydrogen-bond acceptors (Lipinski definition) is 2. The Hall–Kier alpha value is -1.05. The van der Waals surface area contributed by atoms with E-state index >= 15 is 0 Å². The highest BCUT2D eigenvalue weighted by Gasteiger charge is 1.91. The van der Waals surface area contributed by atoms with Crippen LogP contribution in [0.15, 0.2) is 24.8 Å². The van der Waals surface area contributed by atoms with Crippen molar-refractivity contribution in [1.29, 1.82) is 0 Å². The Bertz CT molecular complexity index is 219. The quantitative estimate of drug-likeness (QED) is 0.231. The van der Waals surface area contributed by atoms with Gasteiger partial charge in [-0.15, -0.1) is 0 Å². The molecule has 0 aliphatic rings. The number of allylic oxidation sites excluding steroid dienone is 1. The van der Waals surface area contributed by atoms with Crippen molar-refractivity contribution in [3.63, 3.8) is 0 Å². The summed E-state index contributed by atoms with van der Waals surface area (Å²) >= 11 is 0. The molecule has 0 fully saturated rings. The summed E-state index contributed by atoms with van der Waals surface area (Å²) in [5, 5.41) is 0. The van der Waals surface area contributed by atoms with Gasteiger partial charge in [0.1, 0.15) is 6.61 Å². The van der Waals surface area contributed by atoms with E-state index in [-0.39, 0.29) is 5.97 Å². The van der Waals surface area contributed by atoms with Gasteiger partial charge < -0.3 is 4.74 Å². The maximum atomic E-state index is 10.7. The molecule has 0 aliphatic carbocycles. The third-order valence-electron chi connectivity index (χ3n) is 2.63. The van der Waals surface area contributed by atoms with E-state index in [0.717, 1.165) is 6.42 Å². The average molecular weight is 238 g/mol. The van der Waals surface area contributed by atoms with Crippen LogP contribution in [0.3, 0.4) is 0 Å². The van der Waals surface area contributed by atoms with E-state index < -0.39 is 0 Å². The first-order valence-electron chi connectivity index (χ1n) is 6.75. The lowest BCUT2D eigenvalue weighted by atomic mass is 10.1. The molecular formula is C15H26O2. The summed E-state index contributed by atoms with van der Waals surface area (Å²) in [6.07, 6.45) is 15.6. The first kappa shape index (κ1) is 16.0. The highest BCUT2D eigenvalue weighted by atomic mass is 16.5. The van der Waals surface area contributed by atoms with E-state index in [2.05, 4.69) is 19.6 Å². The normalized spacial score (nSPS) is 10.6. The lowest BCUT2D eigenvalue weighted by Crippen LogP contribution is -1.98. The van der Waals surface area contributed by atoms with Crippen LogP contribution in [-0.2, 0) is 9.53 Å². The van der Waals surface area contributed by atoms with E-state index in [1.165, 1.54) is 51.0 Å². The number of unbranched alkanes of at least 4 members (excludes halogenated alkanes) is 7. The minimum Gasteiger partial charge on any atom is -0.458 e. The molecule has 2 heteroatoms. The molecule has 0 saturated heterocycles. The molecule has 0 aliphatic heterocycles. The van der Waals surface area contributed by atoms with Crippen LogP contribution in [0.25, 0.3) is 0 Å². The van der Waals surface area contributed by atoms with Crippen LogP contribution in [0.2, 0.25) is 0 Å². The van der Waals surface area contributed by atoms with Crippen LogP contribution in [0.4, 0.5) is 0 Å². The van der Waals surface area contributed by atoms with Crippen LogP contribution in [0, 0.1) is 0 Å². The van der Waals surface area contributed by atoms with Gasteiger partial charge in [0.15, 0.2) is 0 Å². The molecule has 98 valence electrons. The smallest absolute Gasteiger partial charge is 0.330 e. The van der Waals surface area contributed by atoms with Gasteiger partial charge in [0.05, 0.1) is 0 Å². The monoisotopic (exact) mass is 238 g/mol. The van der Waals surface area contributed by atoms with Crippen molar-refractivity contribution in [2.45, 2.75) is 58.3 Å². The van der Waals surface area contributed by atoms with Gasteiger partial charge in [-0.1, -0.05) is 64.2 Å². The summed E-state index contributed by atoms with van der Waals surface area (Å²) in [6, 6.07) is 0. The second kappa shape index (κ2) is 13.0. The van der Waals surface area contributed by atoms with Gasteiger partial charge in [-0.05, 0) is 12.8 Å². The first-order valence-corrected chi connectivity index (χ1v) is 6.75. The molecule has 0 spiro atoms. The third kappa shape index (κ3) is 12.9. The Kier molecular flexibility index (Phi) is 12.2. The molecule has 17 heavy (non-hydrogen) atoms. The van der Waals surface area contributed by atoms with Gasteiger partial charge in [0, 0.05) is 6.08 Å². The highest BCUT2D eigenvalue weighted by Crippen LogP contribution is 2.08. The second-order valence-electron chi connectivity index (χ2n) is 4.22. The molecule has 0 heterocycles. The Morgan fingerprint density at radius 3 is 2.35 bits per heavy atom. The van der Waals surface area contributed by atoms with Crippen molar-refractivity contribution in [3.05, 3.63) is 24.8 Å². The summed E-state index contributed by atoms with van der Waals surface area (Å²) in [5.74, 6) is -0.356. The Morgan fingerprint density at radius 2 is 1.71 bits per heavy atom. The molecule has 0 N–H and O–H groups in total. The van der Waals surface area contributed by atoms with E-state index in [0.29, 0.717) is 6.61 Å². The number of hydrogen-bond donors (Lipinski definition) is 0. The van der Waals surface area contributed by atoms with Gasteiger partial charge >= 0.3 is 5.97 Å². The molecule has 0 aromatic rings. The molecule has 0 radical (unpaired) electrons. The Morgan fingerprint density at radius 1 is 1.06 bits per heavy atom. The molecule has 0 bridgehead atoms. The average Bonchev–Trinajstić information content (AvgIpc) is 2.35. The van der Waals surface area contributed by atoms with Crippen molar-refractivity contribution in [2.24, 2.45) is 0 Å². The minimum absolute atomic E-state index is 0.356. The van der Waals surface area contributed by atoms with Gasteiger partial charge in [-0.3, -0.25) is 0 Å². The molecule has 0 amide bonds. The fourth-order valence-electron chi connectivity index (χ4n) is 1.59. The molecule has 2 nitrogen and oxygen atoms in total. The SMILES string of the molecule is C=CC(=O)OC/C=C/CCCCCCCCC. The molecule has 0 unspecified atom stereocenters. The number of ether oxygens (including phenoxy) is 1. The lowest BCUT2D eigenvalue weighted by molar-refractivity contribution is -0.136. The van der Waals surface area contributed by atoms with Gasteiger partial charge in [0.25, 0.3) is 0 Å². The fraction of sp³-hybridized carbons (Fsp3) is 0.667. The molecule has 0 aromatic heterocycles. The van der Waals surface area contributed by atoms with Crippen molar-refractivity contribution < 1.29 is 9.53 Å². The molecule has 0 aromatic carbocycles. The molecular weight excluding hydrogens is 212 g/mol. The molecule has 0 saturated carbocycles. The van der Waals surface area contributed by atoms with E-state index in [1.807, 2.05) is 6.08 Å². The predicted molar refractivity (Wildman–Crippen MR) is 72.9 cm³/mol. The highest BCUT2D eigenvalue weighted by molar-refractivity contribution is 5.81. The summed E-state index contributed by atoms with van der Waals surface area (Å²) < 4.78 is 4.82. The van der Waals surface area contributed by atoms with Crippen molar-refractivity contribution in [1.82, 2.24) is 0 Å². The lowest BCUT2D eigenvalue weighted by Gasteiger charge is -1.99. The van der Waals surface area contributed by atoms with Gasteiger partial charge in [-0.2, -0.15) is 0 Å². The summed E-state index contributed by atoms with van der Waals surface area (Å²) in [5.41, 5.74) is 0. The largest absolute Gasteiger partial charge is 0.458 e. The summed E-state index contributed by atoms with van der Waals surface area (Å²) in [6.45, 7) is 5.93. The zero-order valence-electron chi connectivity index (χ0n) is 11.1. The Labute approximate surface area is 106 Å². The zero-order chi connectivity index (χ0) is 12.8. The standard InChI is InChI=1S/C15H26O2/c1-3-5-6-7-8-9-10-11-12-13-14-17-15(16)4-2/h4,12-13H,2-3,5-11,14H2,1H3/b13-12+. The van der Waals surface area contributed by atoms with Crippen LogP contribution < -0.4 is 0 Å². The number of esters is 1. The first-order chi connectivity index (χ1) is 8.31. The zero-order valence-corrected chi connectivity index (χ0v) is 11.1. The van der Waals surface area contributed by atoms with Crippen molar-refractivity contribution >= 4 is 5.97 Å². The Balaban J connectivity index is 3.14. The number of rotatable bonds is 11. The molecule has 0 atom stereocenters. The minimum atomic E-state index is -0.356. The van der Waals surface area contributed by atoms with Crippen LogP contribution >= 0.6 is 0 Å². The topological polar surface area (TPSA) is 26.3 Å². The number of carbonyl (C=O) groups excluding carboxylic acids is 1. The van der Waals surface area contributed by atoms with Crippen LogP contribution in [-0.4, -0.2) is 12.6 Å². The second-order valence-corrected chi connectivity index (χ2v) is 4.22. The van der Waals surface area contributed by atoms with Gasteiger partial charge in [-0.25, -0.2) is 4.79 Å². The molecule has 0 rings (SSSR count). The van der Waals surface area contributed by atoms with E-state index in [9.17, 15) is 4.79 Å². The predicted octanol–water partition coefficient (Wildman–Crippen LogP) is 4.41. The van der Waals surface area contributed by atoms with Crippen LogP contribution in [0.5, 0.6) is 0 Å². The summed E-state index contributed by atoms with van der Waals surface area (Å²) in [7, 11) is 0. The van der Waals surface area contributed by atoms with E-state index in [4.69, 9.17) is 4.74 Å². The van der Waals surface area contributed by atoms with Crippen molar-refractivity contribution in [2.75, 3.05) is 6.61 Å². The third-order valence-corrected chi connectivity index (χ3v) is 2.63.